The molecule has 0 saturated heterocycles. The lowest BCUT2D eigenvalue weighted by atomic mass is 10.2. The third-order valence-corrected chi connectivity index (χ3v) is 3.26. The molecule has 1 aliphatic rings. The zero-order chi connectivity index (χ0) is 15.1. The second kappa shape index (κ2) is 7.95. The van der Waals surface area contributed by atoms with Gasteiger partial charge in [-0.15, -0.1) is 0 Å². The summed E-state index contributed by atoms with van der Waals surface area (Å²) in [5.74, 6) is 0.292. The monoisotopic (exact) mass is 296 g/mol. The van der Waals surface area contributed by atoms with Gasteiger partial charge >= 0.3 is 6.03 Å². The Morgan fingerprint density at radius 1 is 1.38 bits per heavy atom. The Labute approximate surface area is 123 Å². The highest BCUT2D eigenvalue weighted by molar-refractivity contribution is 5.73. The Bertz CT molecular complexity index is 466. The van der Waals surface area contributed by atoms with Gasteiger partial charge in [0.25, 0.3) is 0 Å². The van der Waals surface area contributed by atoms with Crippen LogP contribution in [0.2, 0.25) is 0 Å². The van der Waals surface area contributed by atoms with Crippen molar-refractivity contribution in [1.29, 1.82) is 0 Å². The number of hydrogen-bond donors (Lipinski definition) is 3. The van der Waals surface area contributed by atoms with Crippen molar-refractivity contribution in [2.75, 3.05) is 19.8 Å². The van der Waals surface area contributed by atoms with Crippen molar-refractivity contribution in [2.24, 2.45) is 5.92 Å². The first-order chi connectivity index (χ1) is 10.1. The Morgan fingerprint density at radius 2 is 2.14 bits per heavy atom. The van der Waals surface area contributed by atoms with Gasteiger partial charge in [-0.3, -0.25) is 0 Å². The predicted molar refractivity (Wildman–Crippen MR) is 76.2 cm³/mol. The minimum Gasteiger partial charge on any atom is -0.389 e. The summed E-state index contributed by atoms with van der Waals surface area (Å²) in [6, 6.07) is 5.81. The first kappa shape index (κ1) is 15.7. The Morgan fingerprint density at radius 3 is 2.86 bits per heavy atom. The quantitative estimate of drug-likeness (QED) is 0.679. The van der Waals surface area contributed by atoms with Crippen LogP contribution in [0.15, 0.2) is 24.3 Å². The largest absolute Gasteiger partial charge is 0.389 e. The molecule has 1 fully saturated rings. The van der Waals surface area contributed by atoms with Gasteiger partial charge in [-0.25, -0.2) is 9.18 Å². The van der Waals surface area contributed by atoms with Crippen LogP contribution in [-0.2, 0) is 11.3 Å². The molecule has 21 heavy (non-hydrogen) atoms. The minimum absolute atomic E-state index is 0.104. The third kappa shape index (κ3) is 6.10. The first-order valence-corrected chi connectivity index (χ1v) is 7.16. The molecule has 116 valence electrons. The smallest absolute Gasteiger partial charge is 0.315 e. The van der Waals surface area contributed by atoms with E-state index in [-0.39, 0.29) is 25.5 Å². The summed E-state index contributed by atoms with van der Waals surface area (Å²) in [6.45, 7) is 1.10. The number of hydrogen-bond acceptors (Lipinski definition) is 3. The summed E-state index contributed by atoms with van der Waals surface area (Å²) in [6.07, 6.45) is 1.67. The van der Waals surface area contributed by atoms with E-state index in [4.69, 9.17) is 4.74 Å². The molecular formula is C15H21FN2O3. The van der Waals surface area contributed by atoms with Crippen LogP contribution in [-0.4, -0.2) is 37.0 Å². The fourth-order valence-electron chi connectivity index (χ4n) is 1.80. The number of aliphatic hydroxyl groups excluding tert-OH is 1. The number of carbonyl (C=O) groups is 1. The summed E-state index contributed by atoms with van der Waals surface area (Å²) in [7, 11) is 0. The van der Waals surface area contributed by atoms with Crippen molar-refractivity contribution < 1.29 is 19.0 Å². The Hall–Kier alpha value is -1.66. The van der Waals surface area contributed by atoms with Gasteiger partial charge in [0.15, 0.2) is 0 Å². The highest BCUT2D eigenvalue weighted by Gasteiger charge is 2.21. The van der Waals surface area contributed by atoms with Crippen LogP contribution < -0.4 is 10.6 Å². The molecule has 0 spiro atoms. The van der Waals surface area contributed by atoms with E-state index < -0.39 is 12.1 Å². The van der Waals surface area contributed by atoms with Gasteiger partial charge < -0.3 is 20.5 Å². The number of halogens is 1. The average Bonchev–Trinajstić information content (AvgIpc) is 3.28. The van der Waals surface area contributed by atoms with Gasteiger partial charge in [0, 0.05) is 25.3 Å². The molecule has 0 radical (unpaired) electrons. The molecule has 1 atom stereocenters. The van der Waals surface area contributed by atoms with Crippen LogP contribution >= 0.6 is 0 Å². The lowest BCUT2D eigenvalue weighted by Gasteiger charge is -2.13. The number of aliphatic hydroxyl groups is 1. The number of amides is 2. The summed E-state index contributed by atoms with van der Waals surface area (Å²) in [4.78, 5) is 11.5. The van der Waals surface area contributed by atoms with Crippen LogP contribution in [0.3, 0.4) is 0 Å². The first-order valence-electron chi connectivity index (χ1n) is 7.16. The SMILES string of the molecule is O=C(NCc1ccccc1F)NC[C@@H](O)COCC1CC1. The van der Waals surface area contributed by atoms with Crippen LogP contribution in [0.4, 0.5) is 9.18 Å². The van der Waals surface area contributed by atoms with E-state index in [1.165, 1.54) is 18.9 Å². The molecule has 1 aliphatic carbocycles. The van der Waals surface area contributed by atoms with Gasteiger partial charge in [0.05, 0.1) is 12.7 Å². The van der Waals surface area contributed by atoms with E-state index in [0.29, 0.717) is 18.1 Å². The maximum atomic E-state index is 13.3. The van der Waals surface area contributed by atoms with E-state index in [9.17, 15) is 14.3 Å². The van der Waals surface area contributed by atoms with Crippen molar-refractivity contribution >= 4 is 6.03 Å². The summed E-state index contributed by atoms with van der Waals surface area (Å²) in [5, 5.41) is 14.7. The van der Waals surface area contributed by atoms with Gasteiger partial charge in [-0.1, -0.05) is 18.2 Å². The standard InChI is InChI=1S/C15H21FN2O3/c16-14-4-2-1-3-12(14)7-17-15(20)18-8-13(19)10-21-9-11-5-6-11/h1-4,11,13,19H,5-10H2,(H2,17,18,20)/t13-/m1/s1. The summed E-state index contributed by atoms with van der Waals surface area (Å²) >= 11 is 0. The Balaban J connectivity index is 1.57. The maximum absolute atomic E-state index is 13.3. The van der Waals surface area contributed by atoms with Crippen molar-refractivity contribution in [2.45, 2.75) is 25.5 Å². The number of rotatable bonds is 8. The highest BCUT2D eigenvalue weighted by Crippen LogP contribution is 2.28. The number of carbonyl (C=O) groups excluding carboxylic acids is 1. The van der Waals surface area contributed by atoms with Crippen LogP contribution in [0, 0.1) is 11.7 Å². The van der Waals surface area contributed by atoms with E-state index in [2.05, 4.69) is 10.6 Å². The van der Waals surface area contributed by atoms with Gasteiger partial charge in [-0.2, -0.15) is 0 Å². The fraction of sp³-hybridized carbons (Fsp3) is 0.533. The van der Waals surface area contributed by atoms with E-state index in [0.717, 1.165) is 0 Å². The second-order valence-electron chi connectivity index (χ2n) is 5.29. The molecule has 2 rings (SSSR count). The molecule has 3 N–H and O–H groups in total. The van der Waals surface area contributed by atoms with Crippen LogP contribution in [0.5, 0.6) is 0 Å². The molecule has 1 aromatic carbocycles. The van der Waals surface area contributed by atoms with E-state index in [1.54, 1.807) is 18.2 Å². The molecule has 1 saturated carbocycles. The second-order valence-corrected chi connectivity index (χ2v) is 5.29. The maximum Gasteiger partial charge on any atom is 0.315 e. The minimum atomic E-state index is -0.733. The highest BCUT2D eigenvalue weighted by atomic mass is 19.1. The topological polar surface area (TPSA) is 70.6 Å². The average molecular weight is 296 g/mol. The van der Waals surface area contributed by atoms with Gasteiger partial charge in [-0.05, 0) is 24.8 Å². The fourth-order valence-corrected chi connectivity index (χ4v) is 1.80. The molecule has 1 aromatic rings. The zero-order valence-corrected chi connectivity index (χ0v) is 11.8. The number of benzene rings is 1. The molecule has 0 heterocycles. The lowest BCUT2D eigenvalue weighted by molar-refractivity contribution is 0.0337. The number of nitrogens with one attached hydrogen (secondary N) is 2. The third-order valence-electron chi connectivity index (χ3n) is 3.26. The zero-order valence-electron chi connectivity index (χ0n) is 11.8. The summed E-state index contributed by atoms with van der Waals surface area (Å²) < 4.78 is 18.7. The summed E-state index contributed by atoms with van der Waals surface area (Å²) in [5.41, 5.74) is 0.418. The van der Waals surface area contributed by atoms with Crippen LogP contribution in [0.25, 0.3) is 0 Å². The number of urea groups is 1. The number of ether oxygens (including phenoxy) is 1. The van der Waals surface area contributed by atoms with Gasteiger partial charge in [0.1, 0.15) is 5.82 Å². The Kier molecular flexibility index (Phi) is 5.95. The molecule has 0 aliphatic heterocycles. The van der Waals surface area contributed by atoms with Crippen molar-refractivity contribution in [1.82, 2.24) is 10.6 Å². The molecule has 5 nitrogen and oxygen atoms in total. The van der Waals surface area contributed by atoms with Crippen molar-refractivity contribution in [3.63, 3.8) is 0 Å². The molecule has 0 bridgehead atoms. The lowest BCUT2D eigenvalue weighted by Crippen LogP contribution is -2.40. The van der Waals surface area contributed by atoms with E-state index >= 15 is 0 Å². The molecular weight excluding hydrogens is 275 g/mol. The molecule has 6 heteroatoms. The van der Waals surface area contributed by atoms with Crippen molar-refractivity contribution in [3.8, 4) is 0 Å². The van der Waals surface area contributed by atoms with E-state index in [1.807, 2.05) is 0 Å². The normalized spacial score (nSPS) is 15.5. The molecule has 0 unspecified atom stereocenters. The van der Waals surface area contributed by atoms with Crippen LogP contribution in [0.1, 0.15) is 18.4 Å². The van der Waals surface area contributed by atoms with Gasteiger partial charge in [0.2, 0.25) is 0 Å². The molecule has 0 aromatic heterocycles. The molecule has 2 amide bonds. The predicted octanol–water partition coefficient (Wildman–Crippen LogP) is 1.41. The van der Waals surface area contributed by atoms with Crippen molar-refractivity contribution in [3.05, 3.63) is 35.6 Å².